The van der Waals surface area contributed by atoms with Gasteiger partial charge in [0.1, 0.15) is 5.75 Å². The smallest absolute Gasteiger partial charge is 0.324 e. The molecule has 3 atom stereocenters. The first kappa shape index (κ1) is 19.4. The van der Waals surface area contributed by atoms with Crippen molar-refractivity contribution >= 4 is 11.9 Å². The van der Waals surface area contributed by atoms with Gasteiger partial charge >= 0.3 is 6.03 Å². The number of urea groups is 1. The standard InChI is InChI=1S/C20H24N4O5/c1-27-10-9-24-19(25)15-8-5-13(11-16(15)21-20(24)26)18-22-17(23-29-18)12-3-6-14(28-2)7-4-12/h3-4,6-7,13,15-16H,5,8-11H2,1-2H3,(H,21,26). The summed E-state index contributed by atoms with van der Waals surface area (Å²) in [6, 6.07) is 6.85. The Hall–Kier alpha value is -2.94. The largest absolute Gasteiger partial charge is 0.497 e. The summed E-state index contributed by atoms with van der Waals surface area (Å²) in [5.74, 6) is 1.47. The normalized spacial score (nSPS) is 24.2. The topological polar surface area (TPSA) is 107 Å². The van der Waals surface area contributed by atoms with Crippen molar-refractivity contribution in [2.24, 2.45) is 5.92 Å². The number of hydrogen-bond donors (Lipinski definition) is 1. The average Bonchev–Trinajstić information content (AvgIpc) is 3.23. The fourth-order valence-corrected chi connectivity index (χ4v) is 4.04. The van der Waals surface area contributed by atoms with Crippen LogP contribution in [0.15, 0.2) is 28.8 Å². The Bertz CT molecular complexity index is 881. The van der Waals surface area contributed by atoms with Crippen molar-refractivity contribution in [3.63, 3.8) is 0 Å². The molecule has 29 heavy (non-hydrogen) atoms. The maximum absolute atomic E-state index is 12.7. The number of benzene rings is 1. The lowest BCUT2D eigenvalue weighted by atomic mass is 9.76. The van der Waals surface area contributed by atoms with E-state index >= 15 is 0 Å². The number of imide groups is 1. The zero-order valence-electron chi connectivity index (χ0n) is 16.5. The van der Waals surface area contributed by atoms with Gasteiger partial charge in [-0.1, -0.05) is 5.16 Å². The van der Waals surface area contributed by atoms with Gasteiger partial charge in [-0.25, -0.2) is 4.79 Å². The predicted octanol–water partition coefficient (Wildman–Crippen LogP) is 2.20. The molecule has 0 bridgehead atoms. The van der Waals surface area contributed by atoms with Crippen molar-refractivity contribution in [2.75, 3.05) is 27.4 Å². The molecule has 2 aromatic rings. The minimum atomic E-state index is -0.363. The Morgan fingerprint density at radius 1 is 1.21 bits per heavy atom. The summed E-state index contributed by atoms with van der Waals surface area (Å²) in [5.41, 5.74) is 0.837. The molecule has 0 spiro atoms. The first-order valence-electron chi connectivity index (χ1n) is 9.69. The summed E-state index contributed by atoms with van der Waals surface area (Å²) in [6.07, 6.45) is 2.02. The average molecular weight is 400 g/mol. The molecule has 0 radical (unpaired) electrons. The van der Waals surface area contributed by atoms with Gasteiger partial charge in [0.25, 0.3) is 0 Å². The third-order valence-electron chi connectivity index (χ3n) is 5.65. The fourth-order valence-electron chi connectivity index (χ4n) is 4.04. The van der Waals surface area contributed by atoms with Crippen LogP contribution in [0.3, 0.4) is 0 Å². The molecule has 3 amide bonds. The Kier molecular flexibility index (Phi) is 5.48. The third kappa shape index (κ3) is 3.82. The molecule has 1 aliphatic heterocycles. The van der Waals surface area contributed by atoms with Gasteiger partial charge in [0, 0.05) is 24.6 Å². The number of nitrogens with one attached hydrogen (secondary N) is 1. The first-order chi connectivity index (χ1) is 14.1. The molecule has 3 unspecified atom stereocenters. The molecule has 2 heterocycles. The molecule has 1 N–H and O–H groups in total. The molecule has 2 aliphatic rings. The number of fused-ring (bicyclic) bond motifs is 1. The second kappa shape index (κ2) is 8.20. The van der Waals surface area contributed by atoms with E-state index < -0.39 is 0 Å². The summed E-state index contributed by atoms with van der Waals surface area (Å²) < 4.78 is 15.7. The van der Waals surface area contributed by atoms with Crippen molar-refractivity contribution in [3.05, 3.63) is 30.2 Å². The van der Waals surface area contributed by atoms with Gasteiger partial charge in [0.15, 0.2) is 0 Å². The Balaban J connectivity index is 1.44. The molecule has 1 saturated carbocycles. The van der Waals surface area contributed by atoms with Crippen LogP contribution in [0, 0.1) is 5.92 Å². The van der Waals surface area contributed by atoms with E-state index in [9.17, 15) is 9.59 Å². The van der Waals surface area contributed by atoms with Crippen molar-refractivity contribution < 1.29 is 23.6 Å². The van der Waals surface area contributed by atoms with Crippen molar-refractivity contribution in [1.29, 1.82) is 0 Å². The SMILES string of the molecule is COCCN1C(=O)NC2CC(c3nc(-c4ccc(OC)cc4)no3)CCC2C1=O. The summed E-state index contributed by atoms with van der Waals surface area (Å²) in [4.78, 5) is 30.8. The molecular formula is C20H24N4O5. The van der Waals surface area contributed by atoms with Crippen LogP contribution in [0.5, 0.6) is 5.75 Å². The van der Waals surface area contributed by atoms with E-state index in [0.717, 1.165) is 17.7 Å². The molecule has 1 aromatic heterocycles. The fraction of sp³-hybridized carbons (Fsp3) is 0.500. The number of hydrogen-bond acceptors (Lipinski definition) is 7. The molecule has 1 aromatic carbocycles. The number of carbonyl (C=O) groups excluding carboxylic acids is 2. The van der Waals surface area contributed by atoms with E-state index in [1.807, 2.05) is 24.3 Å². The summed E-state index contributed by atoms with van der Waals surface area (Å²) in [7, 11) is 3.16. The number of ether oxygens (including phenoxy) is 2. The van der Waals surface area contributed by atoms with Crippen molar-refractivity contribution in [2.45, 2.75) is 31.2 Å². The summed E-state index contributed by atoms with van der Waals surface area (Å²) in [5, 5.41) is 7.06. The predicted molar refractivity (Wildman–Crippen MR) is 102 cm³/mol. The highest BCUT2D eigenvalue weighted by molar-refractivity contribution is 5.98. The highest BCUT2D eigenvalue weighted by atomic mass is 16.5. The monoisotopic (exact) mass is 400 g/mol. The number of carbonyl (C=O) groups is 2. The molecule has 154 valence electrons. The van der Waals surface area contributed by atoms with E-state index in [2.05, 4.69) is 15.5 Å². The second-order valence-corrected chi connectivity index (χ2v) is 7.34. The lowest BCUT2D eigenvalue weighted by molar-refractivity contribution is -0.137. The number of amides is 3. The number of rotatable bonds is 6. The number of nitrogens with zero attached hydrogens (tertiary/aromatic N) is 3. The second-order valence-electron chi connectivity index (χ2n) is 7.34. The van der Waals surface area contributed by atoms with Crippen LogP contribution in [0.4, 0.5) is 4.79 Å². The first-order valence-corrected chi connectivity index (χ1v) is 9.69. The third-order valence-corrected chi connectivity index (χ3v) is 5.65. The highest BCUT2D eigenvalue weighted by Gasteiger charge is 2.45. The van der Waals surface area contributed by atoms with Crippen LogP contribution in [-0.4, -0.2) is 60.4 Å². The van der Waals surface area contributed by atoms with Gasteiger partial charge in [-0.15, -0.1) is 0 Å². The van der Waals surface area contributed by atoms with Crippen LogP contribution in [-0.2, 0) is 9.53 Å². The lowest BCUT2D eigenvalue weighted by Crippen LogP contribution is -2.61. The quantitative estimate of drug-likeness (QED) is 0.792. The molecule has 9 heteroatoms. The van der Waals surface area contributed by atoms with Gasteiger partial charge in [-0.05, 0) is 43.5 Å². The van der Waals surface area contributed by atoms with Crippen molar-refractivity contribution in [3.8, 4) is 17.1 Å². The van der Waals surface area contributed by atoms with Gasteiger partial charge in [0.05, 0.1) is 26.2 Å². The number of methoxy groups -OCH3 is 2. The highest BCUT2D eigenvalue weighted by Crippen LogP contribution is 2.38. The minimum Gasteiger partial charge on any atom is -0.497 e. The van der Waals surface area contributed by atoms with E-state index in [1.165, 1.54) is 4.90 Å². The Labute approximate surface area is 168 Å². The van der Waals surface area contributed by atoms with Gasteiger partial charge in [-0.2, -0.15) is 4.98 Å². The molecule has 1 aliphatic carbocycles. The van der Waals surface area contributed by atoms with Gasteiger partial charge < -0.3 is 19.3 Å². The van der Waals surface area contributed by atoms with E-state index in [4.69, 9.17) is 14.0 Å². The molecule has 4 rings (SSSR count). The van der Waals surface area contributed by atoms with Gasteiger partial charge in [0.2, 0.25) is 17.6 Å². The molecule has 9 nitrogen and oxygen atoms in total. The number of aromatic nitrogens is 2. The zero-order valence-corrected chi connectivity index (χ0v) is 16.5. The van der Waals surface area contributed by atoms with Gasteiger partial charge in [-0.3, -0.25) is 9.69 Å². The minimum absolute atomic E-state index is 0.00868. The Morgan fingerprint density at radius 3 is 2.72 bits per heavy atom. The maximum Gasteiger partial charge on any atom is 0.324 e. The van der Waals surface area contributed by atoms with Crippen LogP contribution in [0.2, 0.25) is 0 Å². The molecular weight excluding hydrogens is 376 g/mol. The molecule has 2 fully saturated rings. The summed E-state index contributed by atoms with van der Waals surface area (Å²) >= 11 is 0. The van der Waals surface area contributed by atoms with Crippen LogP contribution in [0.1, 0.15) is 31.1 Å². The van der Waals surface area contributed by atoms with E-state index in [0.29, 0.717) is 31.2 Å². The van der Waals surface area contributed by atoms with E-state index in [-0.39, 0.29) is 36.4 Å². The van der Waals surface area contributed by atoms with Crippen LogP contribution in [0.25, 0.3) is 11.4 Å². The van der Waals surface area contributed by atoms with Crippen LogP contribution >= 0.6 is 0 Å². The van der Waals surface area contributed by atoms with Crippen LogP contribution < -0.4 is 10.1 Å². The Morgan fingerprint density at radius 2 is 2.00 bits per heavy atom. The van der Waals surface area contributed by atoms with E-state index in [1.54, 1.807) is 14.2 Å². The zero-order chi connectivity index (χ0) is 20.4. The maximum atomic E-state index is 12.7. The molecule has 1 saturated heterocycles. The summed E-state index contributed by atoms with van der Waals surface area (Å²) in [6.45, 7) is 0.595. The van der Waals surface area contributed by atoms with Crippen molar-refractivity contribution in [1.82, 2.24) is 20.4 Å². The lowest BCUT2D eigenvalue weighted by Gasteiger charge is -2.41.